The maximum atomic E-state index is 13.2. The molecule has 3 heteroatoms. The van der Waals surface area contributed by atoms with Gasteiger partial charge in [0, 0.05) is 6.04 Å². The molecule has 0 spiro atoms. The summed E-state index contributed by atoms with van der Waals surface area (Å²) in [7, 11) is 0. The number of para-hydroxylation sites is 1. The summed E-state index contributed by atoms with van der Waals surface area (Å²) in [5.41, 5.74) is 9.55. The number of hydrogen-bond acceptors (Lipinski definition) is 2. The van der Waals surface area contributed by atoms with Crippen molar-refractivity contribution >= 4 is 0 Å². The summed E-state index contributed by atoms with van der Waals surface area (Å²) < 4.78 is 18.9. The van der Waals surface area contributed by atoms with E-state index in [0.29, 0.717) is 5.92 Å². The van der Waals surface area contributed by atoms with Crippen molar-refractivity contribution in [1.82, 2.24) is 0 Å². The summed E-state index contributed by atoms with van der Waals surface area (Å²) in [6, 6.07) is 12.9. The average molecular weight is 285 g/mol. The van der Waals surface area contributed by atoms with Crippen molar-refractivity contribution in [3.05, 3.63) is 65.0 Å². The van der Waals surface area contributed by atoms with Crippen molar-refractivity contribution in [2.24, 2.45) is 5.73 Å². The summed E-state index contributed by atoms with van der Waals surface area (Å²) in [6.45, 7) is 2.65. The highest BCUT2D eigenvalue weighted by Gasteiger charge is 2.24. The molecule has 0 aromatic heterocycles. The molecule has 2 aromatic rings. The fourth-order valence-corrected chi connectivity index (χ4v) is 3.15. The lowest BCUT2D eigenvalue weighted by Crippen LogP contribution is -2.20. The van der Waals surface area contributed by atoms with Crippen LogP contribution in [0.15, 0.2) is 42.5 Å². The zero-order valence-electron chi connectivity index (χ0n) is 12.2. The van der Waals surface area contributed by atoms with Gasteiger partial charge in [-0.3, -0.25) is 0 Å². The molecule has 1 heterocycles. The third kappa shape index (κ3) is 2.93. The third-order valence-electron chi connectivity index (χ3n) is 4.25. The lowest BCUT2D eigenvalue weighted by molar-refractivity contribution is 0.259. The molecule has 21 heavy (non-hydrogen) atoms. The quantitative estimate of drug-likeness (QED) is 0.922. The largest absolute Gasteiger partial charge is 0.493 e. The Morgan fingerprint density at radius 1 is 1.29 bits per heavy atom. The van der Waals surface area contributed by atoms with Gasteiger partial charge in [0.05, 0.1) is 6.61 Å². The van der Waals surface area contributed by atoms with Crippen LogP contribution >= 0.6 is 0 Å². The number of aryl methyl sites for hydroxylation is 1. The van der Waals surface area contributed by atoms with E-state index in [-0.39, 0.29) is 11.9 Å². The van der Waals surface area contributed by atoms with E-state index in [9.17, 15) is 4.39 Å². The van der Waals surface area contributed by atoms with Crippen LogP contribution in [-0.4, -0.2) is 6.61 Å². The summed E-state index contributed by atoms with van der Waals surface area (Å²) in [5, 5.41) is 0. The molecule has 3 rings (SSSR count). The molecular formula is C18H20FNO. The lowest BCUT2D eigenvalue weighted by atomic mass is 9.85. The van der Waals surface area contributed by atoms with Gasteiger partial charge in [-0.05, 0) is 60.6 Å². The Bertz CT molecular complexity index is 641. The first-order valence-corrected chi connectivity index (χ1v) is 7.38. The second kappa shape index (κ2) is 5.86. The molecule has 2 nitrogen and oxygen atoms in total. The van der Waals surface area contributed by atoms with Gasteiger partial charge in [0.25, 0.3) is 0 Å². The summed E-state index contributed by atoms with van der Waals surface area (Å²) in [5.74, 6) is 1.16. The van der Waals surface area contributed by atoms with E-state index in [1.54, 1.807) is 12.1 Å². The molecule has 1 aliphatic rings. The number of hydrogen-bond donors (Lipinski definition) is 1. The highest BCUT2D eigenvalue weighted by Crippen LogP contribution is 2.38. The Labute approximate surface area is 124 Å². The van der Waals surface area contributed by atoms with E-state index in [2.05, 4.69) is 6.07 Å². The highest BCUT2D eigenvalue weighted by molar-refractivity contribution is 5.38. The van der Waals surface area contributed by atoms with E-state index < -0.39 is 0 Å². The number of rotatable bonds is 3. The van der Waals surface area contributed by atoms with Gasteiger partial charge in [0.15, 0.2) is 0 Å². The first kappa shape index (κ1) is 14.1. The SMILES string of the molecule is Cc1cc(F)ccc1C(N)CC1CCOc2ccccc21. The van der Waals surface area contributed by atoms with Crippen LogP contribution < -0.4 is 10.5 Å². The van der Waals surface area contributed by atoms with Gasteiger partial charge < -0.3 is 10.5 Å². The molecule has 2 aromatic carbocycles. The van der Waals surface area contributed by atoms with E-state index in [0.717, 1.165) is 36.3 Å². The van der Waals surface area contributed by atoms with E-state index in [4.69, 9.17) is 10.5 Å². The summed E-state index contributed by atoms with van der Waals surface area (Å²) >= 11 is 0. The van der Waals surface area contributed by atoms with E-state index >= 15 is 0 Å². The Hall–Kier alpha value is -1.87. The van der Waals surface area contributed by atoms with Gasteiger partial charge in [-0.2, -0.15) is 0 Å². The van der Waals surface area contributed by atoms with Crippen LogP contribution in [0.1, 0.15) is 41.5 Å². The van der Waals surface area contributed by atoms with Crippen molar-refractivity contribution in [1.29, 1.82) is 0 Å². The fourth-order valence-electron chi connectivity index (χ4n) is 3.15. The third-order valence-corrected chi connectivity index (χ3v) is 4.25. The normalized spacial score (nSPS) is 18.7. The van der Waals surface area contributed by atoms with Crippen LogP contribution in [0.2, 0.25) is 0 Å². The topological polar surface area (TPSA) is 35.2 Å². The van der Waals surface area contributed by atoms with Crippen LogP contribution in [0.25, 0.3) is 0 Å². The van der Waals surface area contributed by atoms with Gasteiger partial charge in [-0.15, -0.1) is 0 Å². The first-order valence-electron chi connectivity index (χ1n) is 7.38. The van der Waals surface area contributed by atoms with E-state index in [1.165, 1.54) is 11.6 Å². The number of benzene rings is 2. The fraction of sp³-hybridized carbons (Fsp3) is 0.333. The molecule has 0 fully saturated rings. The molecule has 0 bridgehead atoms. The minimum absolute atomic E-state index is 0.0817. The second-order valence-corrected chi connectivity index (χ2v) is 5.71. The molecule has 0 aliphatic carbocycles. The predicted molar refractivity (Wildman–Crippen MR) is 82.0 cm³/mol. The van der Waals surface area contributed by atoms with Crippen LogP contribution in [0.3, 0.4) is 0 Å². The average Bonchev–Trinajstić information content (AvgIpc) is 2.47. The zero-order valence-corrected chi connectivity index (χ0v) is 12.2. The van der Waals surface area contributed by atoms with E-state index in [1.807, 2.05) is 25.1 Å². The monoisotopic (exact) mass is 285 g/mol. The molecule has 0 saturated heterocycles. The Morgan fingerprint density at radius 2 is 2.10 bits per heavy atom. The van der Waals surface area contributed by atoms with Gasteiger partial charge >= 0.3 is 0 Å². The molecule has 2 unspecified atom stereocenters. The standard InChI is InChI=1S/C18H20FNO/c1-12-10-14(19)6-7-15(12)17(20)11-13-8-9-21-18-5-3-2-4-16(13)18/h2-7,10,13,17H,8-9,11,20H2,1H3. The van der Waals surface area contributed by atoms with Crippen molar-refractivity contribution in [3.8, 4) is 5.75 Å². The Morgan fingerprint density at radius 3 is 2.90 bits per heavy atom. The molecule has 2 N–H and O–H groups in total. The first-order chi connectivity index (χ1) is 10.1. The van der Waals surface area contributed by atoms with Crippen LogP contribution in [0.5, 0.6) is 5.75 Å². The van der Waals surface area contributed by atoms with Gasteiger partial charge in [0.1, 0.15) is 11.6 Å². The molecular weight excluding hydrogens is 265 g/mol. The minimum Gasteiger partial charge on any atom is -0.493 e. The van der Waals surface area contributed by atoms with Gasteiger partial charge in [-0.25, -0.2) is 4.39 Å². The second-order valence-electron chi connectivity index (χ2n) is 5.71. The highest BCUT2D eigenvalue weighted by atomic mass is 19.1. The number of halogens is 1. The zero-order chi connectivity index (χ0) is 14.8. The molecule has 0 saturated carbocycles. The summed E-state index contributed by atoms with van der Waals surface area (Å²) in [4.78, 5) is 0. The van der Waals surface area contributed by atoms with Gasteiger partial charge in [0.2, 0.25) is 0 Å². The number of ether oxygens (including phenoxy) is 1. The molecule has 1 aliphatic heterocycles. The van der Waals surface area contributed by atoms with Crippen molar-refractivity contribution in [3.63, 3.8) is 0 Å². The van der Waals surface area contributed by atoms with Crippen LogP contribution in [0, 0.1) is 12.7 Å². The maximum Gasteiger partial charge on any atom is 0.123 e. The lowest BCUT2D eigenvalue weighted by Gasteiger charge is -2.28. The molecule has 2 atom stereocenters. The molecule has 110 valence electrons. The van der Waals surface area contributed by atoms with Crippen molar-refractivity contribution in [2.45, 2.75) is 31.7 Å². The van der Waals surface area contributed by atoms with Crippen molar-refractivity contribution in [2.75, 3.05) is 6.61 Å². The van der Waals surface area contributed by atoms with Gasteiger partial charge in [-0.1, -0.05) is 24.3 Å². The minimum atomic E-state index is -0.208. The van der Waals surface area contributed by atoms with Crippen LogP contribution in [-0.2, 0) is 0 Å². The number of fused-ring (bicyclic) bond motifs is 1. The maximum absolute atomic E-state index is 13.2. The Kier molecular flexibility index (Phi) is 3.93. The predicted octanol–water partition coefficient (Wildman–Crippen LogP) is 4.09. The van der Waals surface area contributed by atoms with Crippen molar-refractivity contribution < 1.29 is 9.13 Å². The smallest absolute Gasteiger partial charge is 0.123 e. The molecule has 0 radical (unpaired) electrons. The molecule has 0 amide bonds. The number of nitrogens with two attached hydrogens (primary N) is 1. The van der Waals surface area contributed by atoms with Crippen LogP contribution in [0.4, 0.5) is 4.39 Å². The summed E-state index contributed by atoms with van der Waals surface area (Å²) in [6.07, 6.45) is 1.83. The Balaban J connectivity index is 1.81.